The molecule has 0 aliphatic heterocycles. The highest BCUT2D eigenvalue weighted by Gasteiger charge is 2.31. The second kappa shape index (κ2) is 10.1. The van der Waals surface area contributed by atoms with E-state index in [2.05, 4.69) is 15.0 Å². The molecule has 2 heterocycles. The zero-order valence-electron chi connectivity index (χ0n) is 16.6. The smallest absolute Gasteiger partial charge is 0.356 e. The van der Waals surface area contributed by atoms with Crippen molar-refractivity contribution in [2.45, 2.75) is 45.7 Å². The molecule has 0 aromatic carbocycles. The van der Waals surface area contributed by atoms with Crippen LogP contribution in [0.5, 0.6) is 6.01 Å². The van der Waals surface area contributed by atoms with E-state index in [1.165, 1.54) is 6.92 Å². The van der Waals surface area contributed by atoms with Crippen LogP contribution in [0.15, 0.2) is 6.33 Å². The van der Waals surface area contributed by atoms with Crippen molar-refractivity contribution in [2.75, 3.05) is 32.7 Å². The third-order valence-electron chi connectivity index (χ3n) is 4.05. The number of fused-ring (bicyclic) bond motifs is 1. The number of hydrogen-bond acceptors (Lipinski definition) is 9. The number of imidazole rings is 1. The van der Waals surface area contributed by atoms with Gasteiger partial charge in [0, 0.05) is 13.7 Å². The summed E-state index contributed by atoms with van der Waals surface area (Å²) in [6.07, 6.45) is 1.86. The van der Waals surface area contributed by atoms with Crippen molar-refractivity contribution in [3.63, 3.8) is 0 Å². The van der Waals surface area contributed by atoms with E-state index in [0.29, 0.717) is 30.7 Å². The molecule has 0 aliphatic carbocycles. The molecule has 12 heteroatoms. The molecule has 2 rings (SSSR count). The molecule has 0 fully saturated rings. The van der Waals surface area contributed by atoms with Gasteiger partial charge >= 0.3 is 13.6 Å². The molecule has 0 bridgehead atoms. The van der Waals surface area contributed by atoms with E-state index < -0.39 is 13.4 Å². The van der Waals surface area contributed by atoms with E-state index in [0.717, 1.165) is 0 Å². The molecular weight excluding hydrogens is 389 g/mol. The molecular formula is C16H28N5O6P. The minimum atomic E-state index is -3.87. The lowest BCUT2D eigenvalue weighted by molar-refractivity contribution is 0.0733. The summed E-state index contributed by atoms with van der Waals surface area (Å²) in [5, 5.41) is 0. The number of aromatic nitrogens is 4. The van der Waals surface area contributed by atoms with Crippen LogP contribution in [0.1, 0.15) is 27.2 Å². The first kappa shape index (κ1) is 22.5. The van der Waals surface area contributed by atoms with E-state index in [-0.39, 0.29) is 31.1 Å². The number of rotatable bonds is 12. The maximum Gasteiger partial charge on any atom is 0.356 e. The van der Waals surface area contributed by atoms with Crippen LogP contribution in [0.2, 0.25) is 0 Å². The topological polar surface area (TPSA) is 144 Å². The highest BCUT2D eigenvalue weighted by Crippen LogP contribution is 2.49. The molecule has 0 aliphatic rings. The summed E-state index contributed by atoms with van der Waals surface area (Å²) >= 11 is 0. The van der Waals surface area contributed by atoms with Crippen molar-refractivity contribution in [3.05, 3.63) is 6.33 Å². The number of hydrogen-bond donors (Lipinski definition) is 2. The van der Waals surface area contributed by atoms with Gasteiger partial charge in [-0.05, 0) is 20.3 Å². The lowest BCUT2D eigenvalue weighted by Gasteiger charge is -2.22. The van der Waals surface area contributed by atoms with E-state index in [4.69, 9.17) is 24.5 Å². The first-order valence-electron chi connectivity index (χ1n) is 9.01. The van der Waals surface area contributed by atoms with Gasteiger partial charge in [-0.1, -0.05) is 6.92 Å². The minimum absolute atomic E-state index is 0.125. The maximum absolute atomic E-state index is 12.2. The average molecular weight is 417 g/mol. The first-order chi connectivity index (χ1) is 13.3. The summed E-state index contributed by atoms with van der Waals surface area (Å²) in [6, 6.07) is 0.125. The highest BCUT2D eigenvalue weighted by molar-refractivity contribution is 7.53. The van der Waals surface area contributed by atoms with Crippen LogP contribution in [0.3, 0.4) is 0 Å². The van der Waals surface area contributed by atoms with Gasteiger partial charge in [-0.25, -0.2) is 4.98 Å². The number of anilines is 1. The minimum Gasteiger partial charge on any atom is -0.461 e. The van der Waals surface area contributed by atoms with Crippen molar-refractivity contribution >= 4 is 24.6 Å². The van der Waals surface area contributed by atoms with Crippen LogP contribution in [-0.2, 0) is 25.1 Å². The van der Waals surface area contributed by atoms with Gasteiger partial charge < -0.3 is 33.9 Å². The molecule has 11 nitrogen and oxygen atoms in total. The second-order valence-electron chi connectivity index (χ2n) is 6.20. The first-order valence-corrected chi connectivity index (χ1v) is 10.7. The fourth-order valence-electron chi connectivity index (χ4n) is 2.22. The highest BCUT2D eigenvalue weighted by atomic mass is 31.2. The van der Waals surface area contributed by atoms with Gasteiger partial charge in [0.15, 0.2) is 22.8 Å². The van der Waals surface area contributed by atoms with E-state index in [1.54, 1.807) is 24.9 Å². The molecule has 2 aromatic heterocycles. The predicted molar refractivity (Wildman–Crippen MR) is 103 cm³/mol. The number of nitrogen functional groups attached to an aromatic ring is 1. The molecule has 3 N–H and O–H groups in total. The Balaban J connectivity index is 2.01. The molecule has 2 aromatic rings. The normalized spacial score (nSPS) is 16.0. The Labute approximate surface area is 163 Å². The van der Waals surface area contributed by atoms with Gasteiger partial charge in [0.05, 0.1) is 25.6 Å². The Hall–Kier alpha value is -1.78. The van der Waals surface area contributed by atoms with Gasteiger partial charge in [-0.2, -0.15) is 9.97 Å². The monoisotopic (exact) mass is 417 g/mol. The molecule has 28 heavy (non-hydrogen) atoms. The molecule has 0 saturated heterocycles. The van der Waals surface area contributed by atoms with Crippen LogP contribution in [-0.4, -0.2) is 63.3 Å². The summed E-state index contributed by atoms with van der Waals surface area (Å²) in [6.45, 7) is 6.31. The largest absolute Gasteiger partial charge is 0.461 e. The maximum atomic E-state index is 12.2. The Kier molecular flexibility index (Phi) is 8.14. The van der Waals surface area contributed by atoms with Crippen LogP contribution in [0.4, 0.5) is 5.82 Å². The van der Waals surface area contributed by atoms with E-state index in [9.17, 15) is 9.46 Å². The van der Waals surface area contributed by atoms with Crippen LogP contribution < -0.4 is 10.5 Å². The Morgan fingerprint density at radius 2 is 2.04 bits per heavy atom. The fourth-order valence-corrected chi connectivity index (χ4v) is 3.35. The molecule has 0 radical (unpaired) electrons. The van der Waals surface area contributed by atoms with Crippen molar-refractivity contribution in [3.8, 4) is 6.01 Å². The zero-order valence-corrected chi connectivity index (χ0v) is 17.5. The predicted octanol–water partition coefficient (Wildman–Crippen LogP) is 1.80. The second-order valence-corrected chi connectivity index (χ2v) is 8.27. The third kappa shape index (κ3) is 5.86. The van der Waals surface area contributed by atoms with Crippen molar-refractivity contribution < 1.29 is 28.2 Å². The van der Waals surface area contributed by atoms with Crippen LogP contribution in [0.25, 0.3) is 11.2 Å². The summed E-state index contributed by atoms with van der Waals surface area (Å²) in [5.41, 5.74) is 6.84. The average Bonchev–Trinajstić information content (AvgIpc) is 3.05. The number of nitrogens with zero attached hydrogens (tertiary/aromatic N) is 4. The summed E-state index contributed by atoms with van der Waals surface area (Å²) in [4.78, 5) is 22.6. The molecule has 0 saturated carbocycles. The van der Waals surface area contributed by atoms with E-state index >= 15 is 0 Å². The SMILES string of the molecule is CCC(C)OP(=O)(O)C(C)OCCn1cnc2c(N)nc(OCCOC)nc21. The van der Waals surface area contributed by atoms with Crippen molar-refractivity contribution in [2.24, 2.45) is 0 Å². The van der Waals surface area contributed by atoms with Crippen molar-refractivity contribution in [1.82, 2.24) is 19.5 Å². The van der Waals surface area contributed by atoms with Crippen molar-refractivity contribution in [1.29, 1.82) is 0 Å². The standard InChI is InChI=1S/C16H28N5O6P/c1-5-11(2)27-28(22,23)12(3)25-7-6-21-10-18-13-14(17)19-16(20-15(13)21)26-9-8-24-4/h10-12H,5-9H2,1-4H3,(H,22,23)(H2,17,19,20). The van der Waals surface area contributed by atoms with E-state index in [1.807, 2.05) is 6.92 Å². The molecule has 158 valence electrons. The Bertz CT molecular complexity index is 816. The third-order valence-corrected chi connectivity index (χ3v) is 5.78. The zero-order chi connectivity index (χ0) is 20.7. The van der Waals surface area contributed by atoms with Crippen LogP contribution >= 0.6 is 7.60 Å². The lowest BCUT2D eigenvalue weighted by atomic mass is 10.3. The molecule has 0 spiro atoms. The summed E-state index contributed by atoms with van der Waals surface area (Å²) in [7, 11) is -2.30. The Morgan fingerprint density at radius 1 is 1.29 bits per heavy atom. The Morgan fingerprint density at radius 3 is 2.71 bits per heavy atom. The number of nitrogens with two attached hydrogens (primary N) is 1. The van der Waals surface area contributed by atoms with Gasteiger partial charge in [0.25, 0.3) is 0 Å². The van der Waals surface area contributed by atoms with Gasteiger partial charge in [0.2, 0.25) is 0 Å². The molecule has 3 atom stereocenters. The number of methoxy groups -OCH3 is 1. The van der Waals surface area contributed by atoms with Crippen LogP contribution in [0, 0.1) is 0 Å². The fraction of sp³-hybridized carbons (Fsp3) is 0.688. The summed E-state index contributed by atoms with van der Waals surface area (Å²) < 4.78 is 35.0. The van der Waals surface area contributed by atoms with Gasteiger partial charge in [0.1, 0.15) is 6.61 Å². The molecule has 3 unspecified atom stereocenters. The van der Waals surface area contributed by atoms with Gasteiger partial charge in [-0.15, -0.1) is 0 Å². The molecule has 0 amide bonds. The van der Waals surface area contributed by atoms with Gasteiger partial charge in [-0.3, -0.25) is 4.57 Å². The quantitative estimate of drug-likeness (QED) is 0.387. The summed E-state index contributed by atoms with van der Waals surface area (Å²) in [5.74, 6) is -0.754. The lowest BCUT2D eigenvalue weighted by Crippen LogP contribution is -2.17. The number of ether oxygens (including phenoxy) is 3.